The fraction of sp³-hybridized carbons (Fsp3) is 0.214. The van der Waals surface area contributed by atoms with Crippen molar-refractivity contribution in [2.75, 3.05) is 11.9 Å². The van der Waals surface area contributed by atoms with Crippen molar-refractivity contribution < 1.29 is 4.79 Å². The molecule has 1 aromatic carbocycles. The zero-order chi connectivity index (χ0) is 25.1. The molecule has 0 unspecified atom stereocenters. The molecule has 0 aliphatic carbocycles. The van der Waals surface area contributed by atoms with Crippen LogP contribution in [0.3, 0.4) is 0 Å². The number of carbonyl (C=O) groups is 1. The molecule has 3 aromatic heterocycles. The second-order valence-electron chi connectivity index (χ2n) is 8.93. The average Bonchev–Trinajstić information content (AvgIpc) is 3.50. The van der Waals surface area contributed by atoms with Gasteiger partial charge in [0.05, 0.1) is 17.8 Å². The topological polar surface area (TPSA) is 75.1 Å². The Labute approximate surface area is 216 Å². The van der Waals surface area contributed by atoms with Gasteiger partial charge in [0.25, 0.3) is 0 Å². The first-order valence-electron chi connectivity index (χ1n) is 11.9. The van der Waals surface area contributed by atoms with Crippen LogP contribution < -0.4 is 10.6 Å². The predicted molar refractivity (Wildman–Crippen MR) is 145 cm³/mol. The number of amides is 1. The molecule has 1 amide bonds. The molecule has 2 atom stereocenters. The van der Waals surface area contributed by atoms with Gasteiger partial charge in [0.15, 0.2) is 5.11 Å². The Bertz CT molecular complexity index is 1370. The first-order valence-corrected chi connectivity index (χ1v) is 12.4. The lowest BCUT2D eigenvalue weighted by Crippen LogP contribution is -2.33. The van der Waals surface area contributed by atoms with Crippen molar-refractivity contribution in [3.8, 4) is 5.82 Å². The number of rotatable bonds is 7. The summed E-state index contributed by atoms with van der Waals surface area (Å²) in [6.45, 7) is 4.47. The molecule has 4 heterocycles. The third-order valence-corrected chi connectivity index (χ3v) is 6.78. The number of nitrogens with zero attached hydrogens (tertiary/aromatic N) is 4. The van der Waals surface area contributed by atoms with E-state index >= 15 is 0 Å². The van der Waals surface area contributed by atoms with E-state index in [-0.39, 0.29) is 18.0 Å². The van der Waals surface area contributed by atoms with E-state index in [4.69, 9.17) is 12.2 Å². The molecule has 0 spiro atoms. The number of nitrogens with one attached hydrogen (secondary N) is 2. The minimum atomic E-state index is -0.169. The van der Waals surface area contributed by atoms with Crippen molar-refractivity contribution in [1.82, 2.24) is 24.8 Å². The molecule has 4 aromatic rings. The molecule has 1 saturated heterocycles. The van der Waals surface area contributed by atoms with Crippen molar-refractivity contribution in [2.45, 2.75) is 32.4 Å². The number of anilines is 1. The Morgan fingerprint density at radius 2 is 1.83 bits per heavy atom. The minimum Gasteiger partial charge on any atom is -0.352 e. The lowest BCUT2D eigenvalue weighted by atomic mass is 10.0. The first-order chi connectivity index (χ1) is 17.5. The lowest BCUT2D eigenvalue weighted by Gasteiger charge is -2.28. The van der Waals surface area contributed by atoms with Crippen molar-refractivity contribution in [1.29, 1.82) is 0 Å². The van der Waals surface area contributed by atoms with E-state index in [9.17, 15) is 4.79 Å². The summed E-state index contributed by atoms with van der Waals surface area (Å²) in [5.41, 5.74) is 4.89. The highest BCUT2D eigenvalue weighted by atomic mass is 32.1. The second kappa shape index (κ2) is 10.3. The summed E-state index contributed by atoms with van der Waals surface area (Å²) in [6.07, 6.45) is 5.86. The van der Waals surface area contributed by atoms with Crippen LogP contribution in [0.25, 0.3) is 5.82 Å². The molecule has 1 aliphatic heterocycles. The van der Waals surface area contributed by atoms with Gasteiger partial charge in [-0.25, -0.2) is 4.98 Å². The quantitative estimate of drug-likeness (QED) is 0.355. The van der Waals surface area contributed by atoms with Crippen LogP contribution in [0.1, 0.15) is 41.0 Å². The lowest BCUT2D eigenvalue weighted by molar-refractivity contribution is -0.116. The normalized spacial score (nSPS) is 17.2. The maximum atomic E-state index is 12.9. The summed E-state index contributed by atoms with van der Waals surface area (Å²) in [7, 11) is 0. The largest absolute Gasteiger partial charge is 0.352 e. The number of benzene rings is 1. The number of aromatic nitrogens is 3. The smallest absolute Gasteiger partial charge is 0.226 e. The molecular weight excluding hydrogens is 468 g/mol. The Morgan fingerprint density at radius 1 is 1.03 bits per heavy atom. The number of hydrogen-bond donors (Lipinski definition) is 2. The molecule has 182 valence electrons. The van der Waals surface area contributed by atoms with E-state index in [0.717, 1.165) is 34.0 Å². The van der Waals surface area contributed by atoms with Gasteiger partial charge >= 0.3 is 0 Å². The van der Waals surface area contributed by atoms with E-state index in [1.165, 1.54) is 0 Å². The van der Waals surface area contributed by atoms with Crippen molar-refractivity contribution in [3.63, 3.8) is 0 Å². The summed E-state index contributed by atoms with van der Waals surface area (Å²) in [5.74, 6) is 0.773. The Balaban J connectivity index is 1.43. The molecule has 0 saturated carbocycles. The highest BCUT2D eigenvalue weighted by Crippen LogP contribution is 2.39. The van der Waals surface area contributed by atoms with Gasteiger partial charge in [0, 0.05) is 42.9 Å². The predicted octanol–water partition coefficient (Wildman–Crippen LogP) is 4.89. The van der Waals surface area contributed by atoms with Gasteiger partial charge in [0.2, 0.25) is 5.91 Å². The minimum absolute atomic E-state index is 0.0494. The molecule has 5 rings (SSSR count). The van der Waals surface area contributed by atoms with E-state index in [1.807, 2.05) is 80.7 Å². The van der Waals surface area contributed by atoms with Crippen LogP contribution in [0, 0.1) is 13.8 Å². The average molecular weight is 497 g/mol. The molecule has 36 heavy (non-hydrogen) atoms. The van der Waals surface area contributed by atoms with Crippen LogP contribution in [0.4, 0.5) is 5.69 Å². The zero-order valence-corrected chi connectivity index (χ0v) is 21.1. The third-order valence-electron chi connectivity index (χ3n) is 6.42. The van der Waals surface area contributed by atoms with Gasteiger partial charge in [0.1, 0.15) is 5.82 Å². The van der Waals surface area contributed by atoms with Crippen molar-refractivity contribution in [3.05, 3.63) is 108 Å². The molecular formula is C28H28N6OS. The van der Waals surface area contributed by atoms with Gasteiger partial charge in [-0.1, -0.05) is 24.3 Å². The number of aryl methyl sites for hydroxylation is 2. The summed E-state index contributed by atoms with van der Waals surface area (Å²) in [6, 6.07) is 21.5. The first kappa shape index (κ1) is 23.7. The van der Waals surface area contributed by atoms with Gasteiger partial charge in [-0.2, -0.15) is 0 Å². The van der Waals surface area contributed by atoms with Gasteiger partial charge < -0.3 is 20.1 Å². The van der Waals surface area contributed by atoms with E-state index in [2.05, 4.69) is 36.1 Å². The maximum Gasteiger partial charge on any atom is 0.226 e. The highest BCUT2D eigenvalue weighted by molar-refractivity contribution is 7.80. The molecule has 1 aliphatic rings. The fourth-order valence-corrected chi connectivity index (χ4v) is 4.94. The van der Waals surface area contributed by atoms with Crippen LogP contribution in [-0.4, -0.2) is 37.0 Å². The summed E-state index contributed by atoms with van der Waals surface area (Å²) in [5, 5.41) is 7.12. The standard InChI is InChI=1S/C28H28N6OS/c1-19-11-12-20(2)22(18-19)31-25(35)13-17-34-27(26(32-28(34)36)21-8-3-5-14-29-21)23-9-7-16-33(23)24-10-4-6-15-30-24/h3-12,14-16,18,26-27H,13,17H2,1-2H3,(H,31,35)(H,32,36)/t26-,27-/m1/s1. The Hall–Kier alpha value is -4.04. The van der Waals surface area contributed by atoms with Crippen LogP contribution in [0.15, 0.2) is 85.3 Å². The van der Waals surface area contributed by atoms with E-state index in [1.54, 1.807) is 12.4 Å². The Kier molecular flexibility index (Phi) is 6.77. The zero-order valence-electron chi connectivity index (χ0n) is 20.3. The number of hydrogen-bond acceptors (Lipinski definition) is 4. The molecule has 7 nitrogen and oxygen atoms in total. The molecule has 8 heteroatoms. The number of thiocarbonyl (C=S) groups is 1. The van der Waals surface area contributed by atoms with E-state index in [0.29, 0.717) is 18.1 Å². The fourth-order valence-electron chi connectivity index (χ4n) is 4.61. The number of pyridine rings is 2. The van der Waals surface area contributed by atoms with Gasteiger partial charge in [-0.05, 0) is 79.7 Å². The number of carbonyl (C=O) groups excluding carboxylic acids is 1. The highest BCUT2D eigenvalue weighted by Gasteiger charge is 2.41. The van der Waals surface area contributed by atoms with E-state index < -0.39 is 0 Å². The maximum absolute atomic E-state index is 12.9. The van der Waals surface area contributed by atoms with Crippen LogP contribution >= 0.6 is 12.2 Å². The SMILES string of the molecule is Cc1ccc(C)c(NC(=O)CCN2C(=S)N[C@H](c3ccccn3)[C@H]2c2cccn2-c2ccccn2)c1. The van der Waals surface area contributed by atoms with Crippen molar-refractivity contribution in [2.24, 2.45) is 0 Å². The van der Waals surface area contributed by atoms with Crippen LogP contribution in [-0.2, 0) is 4.79 Å². The molecule has 0 radical (unpaired) electrons. The molecule has 0 bridgehead atoms. The monoisotopic (exact) mass is 496 g/mol. The molecule has 2 N–H and O–H groups in total. The second-order valence-corrected chi connectivity index (χ2v) is 9.31. The van der Waals surface area contributed by atoms with Gasteiger partial charge in [-0.3, -0.25) is 9.78 Å². The van der Waals surface area contributed by atoms with Crippen LogP contribution in [0.5, 0.6) is 0 Å². The summed E-state index contributed by atoms with van der Waals surface area (Å²) < 4.78 is 2.07. The summed E-state index contributed by atoms with van der Waals surface area (Å²) >= 11 is 5.78. The Morgan fingerprint density at radius 3 is 2.58 bits per heavy atom. The van der Waals surface area contributed by atoms with Crippen LogP contribution in [0.2, 0.25) is 0 Å². The summed E-state index contributed by atoms with van der Waals surface area (Å²) in [4.78, 5) is 24.2. The van der Waals surface area contributed by atoms with Gasteiger partial charge in [-0.15, -0.1) is 0 Å². The third kappa shape index (κ3) is 4.85. The van der Waals surface area contributed by atoms with Crippen molar-refractivity contribution >= 4 is 28.9 Å². The molecule has 1 fully saturated rings.